The van der Waals surface area contributed by atoms with Crippen molar-refractivity contribution in [3.05, 3.63) is 15.8 Å². The molecule has 1 aliphatic rings. The third-order valence-electron chi connectivity index (χ3n) is 3.40. The number of nitro groups is 1. The molecule has 1 N–H and O–H groups in total. The second-order valence-corrected chi connectivity index (χ2v) is 5.05. The van der Waals surface area contributed by atoms with E-state index < -0.39 is 0 Å². The number of hydrogen-bond acceptors (Lipinski definition) is 5. The summed E-state index contributed by atoms with van der Waals surface area (Å²) in [6, 6.07) is 0.331. The highest BCUT2D eigenvalue weighted by atomic mass is 16.6. The van der Waals surface area contributed by atoms with E-state index in [2.05, 4.69) is 22.2 Å². The minimum atomic E-state index is -0.292. The molecule has 19 heavy (non-hydrogen) atoms. The first kappa shape index (κ1) is 13.8. The van der Waals surface area contributed by atoms with Gasteiger partial charge in [0.05, 0.1) is 4.92 Å². The Balaban J connectivity index is 2.40. The van der Waals surface area contributed by atoms with E-state index in [1.165, 1.54) is 0 Å². The molecular formula is C12H21N5O2. The zero-order valence-electron chi connectivity index (χ0n) is 11.7. The molecule has 1 atom stereocenters. The maximum absolute atomic E-state index is 11.4. The first-order valence-electron chi connectivity index (χ1n) is 6.73. The third-order valence-corrected chi connectivity index (χ3v) is 3.40. The van der Waals surface area contributed by atoms with Crippen molar-refractivity contribution < 1.29 is 4.92 Å². The van der Waals surface area contributed by atoms with Crippen LogP contribution in [0.4, 0.5) is 11.5 Å². The Labute approximate surface area is 112 Å². The van der Waals surface area contributed by atoms with Crippen molar-refractivity contribution in [3.63, 3.8) is 0 Å². The lowest BCUT2D eigenvalue weighted by Crippen LogP contribution is -2.50. The summed E-state index contributed by atoms with van der Waals surface area (Å²) in [5, 5.41) is 19.0. The summed E-state index contributed by atoms with van der Waals surface area (Å²) in [7, 11) is 1.79. The van der Waals surface area contributed by atoms with Crippen molar-refractivity contribution in [1.29, 1.82) is 0 Å². The molecule has 1 aromatic rings. The van der Waals surface area contributed by atoms with Crippen LogP contribution in [0.5, 0.6) is 0 Å². The van der Waals surface area contributed by atoms with Crippen LogP contribution in [0.15, 0.2) is 0 Å². The van der Waals surface area contributed by atoms with Crippen LogP contribution in [0, 0.1) is 10.1 Å². The number of piperazine rings is 1. The van der Waals surface area contributed by atoms with E-state index in [0.29, 0.717) is 24.0 Å². The predicted molar refractivity (Wildman–Crippen MR) is 73.5 cm³/mol. The third kappa shape index (κ3) is 2.70. The minimum absolute atomic E-state index is 0.179. The average molecular weight is 267 g/mol. The Hall–Kier alpha value is -1.63. The Morgan fingerprint density at radius 2 is 2.32 bits per heavy atom. The number of aryl methyl sites for hydroxylation is 2. The van der Waals surface area contributed by atoms with E-state index in [9.17, 15) is 10.1 Å². The van der Waals surface area contributed by atoms with Gasteiger partial charge in [0, 0.05) is 32.7 Å². The summed E-state index contributed by atoms with van der Waals surface area (Å²) in [6.07, 6.45) is 1.50. The second-order valence-electron chi connectivity index (χ2n) is 5.05. The van der Waals surface area contributed by atoms with Crippen molar-refractivity contribution in [1.82, 2.24) is 15.1 Å². The zero-order chi connectivity index (χ0) is 14.0. The Bertz CT molecular complexity index is 471. The Morgan fingerprint density at radius 1 is 1.58 bits per heavy atom. The number of nitrogens with zero attached hydrogens (tertiary/aromatic N) is 4. The molecule has 0 radical (unpaired) electrons. The van der Waals surface area contributed by atoms with E-state index in [1.54, 1.807) is 11.7 Å². The van der Waals surface area contributed by atoms with Crippen molar-refractivity contribution in [3.8, 4) is 0 Å². The highest BCUT2D eigenvalue weighted by Gasteiger charge is 2.31. The molecule has 1 aromatic heterocycles. The van der Waals surface area contributed by atoms with E-state index in [4.69, 9.17) is 0 Å². The summed E-state index contributed by atoms with van der Waals surface area (Å²) in [4.78, 5) is 13.1. The average Bonchev–Trinajstić information content (AvgIpc) is 2.66. The molecule has 106 valence electrons. The Morgan fingerprint density at radius 3 is 2.89 bits per heavy atom. The first-order chi connectivity index (χ1) is 9.04. The van der Waals surface area contributed by atoms with E-state index in [1.807, 2.05) is 6.92 Å². The lowest BCUT2D eigenvalue weighted by atomic mass is 10.2. The highest BCUT2D eigenvalue weighted by Crippen LogP contribution is 2.32. The number of hydrogen-bond donors (Lipinski definition) is 1. The maximum atomic E-state index is 11.4. The highest BCUT2D eigenvalue weighted by molar-refractivity contribution is 5.62. The van der Waals surface area contributed by atoms with E-state index in [-0.39, 0.29) is 10.6 Å². The molecule has 7 nitrogen and oxygen atoms in total. The molecule has 0 saturated carbocycles. The van der Waals surface area contributed by atoms with Gasteiger partial charge in [0.15, 0.2) is 0 Å². The molecular weight excluding hydrogens is 246 g/mol. The molecule has 0 amide bonds. The van der Waals surface area contributed by atoms with Crippen molar-refractivity contribution in [2.45, 2.75) is 32.7 Å². The lowest BCUT2D eigenvalue weighted by Gasteiger charge is -2.32. The maximum Gasteiger partial charge on any atom is 0.334 e. The second kappa shape index (κ2) is 5.56. The molecule has 1 aliphatic heterocycles. The van der Waals surface area contributed by atoms with Crippen LogP contribution in [0.3, 0.4) is 0 Å². The van der Waals surface area contributed by atoms with Crippen LogP contribution < -0.4 is 10.2 Å². The van der Waals surface area contributed by atoms with Crippen LogP contribution in [0.25, 0.3) is 0 Å². The monoisotopic (exact) mass is 267 g/mol. The fraction of sp³-hybridized carbons (Fsp3) is 0.750. The molecule has 0 aromatic carbocycles. The predicted octanol–water partition coefficient (Wildman–Crippen LogP) is 1.08. The fourth-order valence-electron chi connectivity index (χ4n) is 2.63. The van der Waals surface area contributed by atoms with Gasteiger partial charge < -0.3 is 10.2 Å². The molecule has 7 heteroatoms. The number of anilines is 1. The van der Waals surface area contributed by atoms with Gasteiger partial charge in [0.1, 0.15) is 5.69 Å². The number of nitrogens with one attached hydrogen (secondary N) is 1. The van der Waals surface area contributed by atoms with E-state index in [0.717, 1.165) is 26.1 Å². The van der Waals surface area contributed by atoms with E-state index >= 15 is 0 Å². The first-order valence-corrected chi connectivity index (χ1v) is 6.73. The zero-order valence-corrected chi connectivity index (χ0v) is 11.7. The van der Waals surface area contributed by atoms with Crippen molar-refractivity contribution >= 4 is 11.5 Å². The summed E-state index contributed by atoms with van der Waals surface area (Å²) in [5.41, 5.74) is 0.773. The summed E-state index contributed by atoms with van der Waals surface area (Å²) in [6.45, 7) is 6.47. The Kier molecular flexibility index (Phi) is 4.04. The molecule has 1 saturated heterocycles. The van der Waals surface area contributed by atoms with Gasteiger partial charge in [0.25, 0.3) is 0 Å². The van der Waals surface area contributed by atoms with Crippen LogP contribution in [-0.4, -0.2) is 40.4 Å². The molecule has 2 rings (SSSR count). The standard InChI is InChI=1S/C12H21N5O2/c1-4-5-10-11(17(18)19)12(15(3)14-10)16-7-6-13-9(2)8-16/h9,13H,4-8H2,1-3H3/t9-/m0/s1. The minimum Gasteiger partial charge on any atom is -0.348 e. The fourth-order valence-corrected chi connectivity index (χ4v) is 2.63. The van der Waals surface area contributed by atoms with Crippen molar-refractivity contribution in [2.75, 3.05) is 24.5 Å². The molecule has 0 unspecified atom stereocenters. The van der Waals surface area contributed by atoms with Gasteiger partial charge in [-0.1, -0.05) is 13.3 Å². The van der Waals surface area contributed by atoms with Gasteiger partial charge in [-0.05, 0) is 13.3 Å². The topological polar surface area (TPSA) is 76.2 Å². The van der Waals surface area contributed by atoms with Gasteiger partial charge >= 0.3 is 5.69 Å². The van der Waals surface area contributed by atoms with Crippen molar-refractivity contribution in [2.24, 2.45) is 7.05 Å². The van der Waals surface area contributed by atoms with Crippen LogP contribution >= 0.6 is 0 Å². The smallest absolute Gasteiger partial charge is 0.334 e. The van der Waals surface area contributed by atoms with Gasteiger partial charge in [-0.15, -0.1) is 0 Å². The van der Waals surface area contributed by atoms with Gasteiger partial charge in [-0.2, -0.15) is 5.10 Å². The quantitative estimate of drug-likeness (QED) is 0.652. The molecule has 0 spiro atoms. The van der Waals surface area contributed by atoms with Gasteiger partial charge in [0.2, 0.25) is 5.82 Å². The molecule has 0 bridgehead atoms. The van der Waals surface area contributed by atoms with Crippen LogP contribution in [-0.2, 0) is 13.5 Å². The van der Waals surface area contributed by atoms with Gasteiger partial charge in [-0.3, -0.25) is 10.1 Å². The number of aromatic nitrogens is 2. The summed E-state index contributed by atoms with van der Waals surface area (Å²) in [5.74, 6) is 0.641. The van der Waals surface area contributed by atoms with Crippen LogP contribution in [0.2, 0.25) is 0 Å². The molecule has 1 fully saturated rings. The largest absolute Gasteiger partial charge is 0.348 e. The van der Waals surface area contributed by atoms with Gasteiger partial charge in [-0.25, -0.2) is 4.68 Å². The molecule has 2 heterocycles. The summed E-state index contributed by atoms with van der Waals surface area (Å²) < 4.78 is 1.65. The summed E-state index contributed by atoms with van der Waals surface area (Å²) >= 11 is 0. The van der Waals surface area contributed by atoms with Crippen LogP contribution in [0.1, 0.15) is 26.0 Å². The normalized spacial score (nSPS) is 19.7. The molecule has 0 aliphatic carbocycles. The number of rotatable bonds is 4. The SMILES string of the molecule is CCCc1nn(C)c(N2CCN[C@@H](C)C2)c1[N+](=O)[O-]. The lowest BCUT2D eigenvalue weighted by molar-refractivity contribution is -0.384.